The van der Waals surface area contributed by atoms with Gasteiger partial charge in [-0.2, -0.15) is 0 Å². The lowest BCUT2D eigenvalue weighted by Crippen LogP contribution is -2.48. The molecule has 0 aliphatic rings. The number of hydrogen-bond acceptors (Lipinski definition) is 4. The highest BCUT2D eigenvalue weighted by atomic mass is 32.2. The number of aliphatic hydroxyl groups is 1. The lowest BCUT2D eigenvalue weighted by atomic mass is 10.0. The van der Waals surface area contributed by atoms with Crippen molar-refractivity contribution in [1.82, 2.24) is 9.71 Å². The minimum absolute atomic E-state index is 0.372. The molecule has 0 bridgehead atoms. The molecule has 0 saturated carbocycles. The van der Waals surface area contributed by atoms with Crippen molar-refractivity contribution in [2.45, 2.75) is 30.8 Å². The van der Waals surface area contributed by atoms with E-state index >= 15 is 0 Å². The van der Waals surface area contributed by atoms with Gasteiger partial charge < -0.3 is 5.11 Å². The third-order valence-electron chi connectivity index (χ3n) is 2.49. The average molecular weight is 262 g/mol. The second kappa shape index (κ2) is 5.07. The lowest BCUT2D eigenvalue weighted by molar-refractivity contribution is 0.191. The maximum Gasteiger partial charge on any atom is 0.261 e. The number of nitrogens with zero attached hydrogens (tertiary/aromatic N) is 1. The smallest absolute Gasteiger partial charge is 0.261 e. The van der Waals surface area contributed by atoms with Crippen molar-refractivity contribution < 1.29 is 17.9 Å². The molecule has 1 aromatic rings. The molecule has 0 saturated heterocycles. The molecule has 0 amide bonds. The quantitative estimate of drug-likeness (QED) is 0.817. The molecule has 1 heterocycles. The Morgan fingerprint density at radius 2 is 2.24 bits per heavy atom. The van der Waals surface area contributed by atoms with E-state index in [1.54, 1.807) is 6.92 Å². The molecule has 96 valence electrons. The predicted molar refractivity (Wildman–Crippen MR) is 60.3 cm³/mol. The van der Waals surface area contributed by atoms with Gasteiger partial charge in [-0.25, -0.2) is 22.5 Å². The van der Waals surface area contributed by atoms with E-state index in [9.17, 15) is 12.8 Å². The molecule has 0 aliphatic carbocycles. The van der Waals surface area contributed by atoms with Crippen molar-refractivity contribution in [2.75, 3.05) is 6.61 Å². The Labute approximate surface area is 99.7 Å². The summed E-state index contributed by atoms with van der Waals surface area (Å²) in [5, 5.41) is 8.46. The standard InChI is InChI=1S/C10H15FN2O3S/c1-3-10(2,7-14)13-17(15,16)9-8(11)5-4-6-12-9/h4-6,13-14H,3,7H2,1-2H3. The van der Waals surface area contributed by atoms with Crippen molar-refractivity contribution in [1.29, 1.82) is 0 Å². The number of aromatic nitrogens is 1. The lowest BCUT2D eigenvalue weighted by Gasteiger charge is -2.26. The second-order valence-electron chi connectivity index (χ2n) is 3.97. The van der Waals surface area contributed by atoms with Crippen LogP contribution in [-0.4, -0.2) is 30.7 Å². The van der Waals surface area contributed by atoms with Crippen LogP contribution in [0, 0.1) is 5.82 Å². The first-order valence-corrected chi connectivity index (χ1v) is 6.58. The van der Waals surface area contributed by atoms with Crippen molar-refractivity contribution in [3.8, 4) is 0 Å². The molecule has 17 heavy (non-hydrogen) atoms. The molecule has 1 unspecified atom stereocenters. The highest BCUT2D eigenvalue weighted by Gasteiger charge is 2.30. The van der Waals surface area contributed by atoms with Crippen LogP contribution < -0.4 is 4.72 Å². The minimum atomic E-state index is -4.07. The fourth-order valence-corrected chi connectivity index (χ4v) is 2.64. The van der Waals surface area contributed by atoms with Gasteiger partial charge in [0, 0.05) is 6.20 Å². The van der Waals surface area contributed by atoms with Gasteiger partial charge in [0.15, 0.2) is 5.82 Å². The molecule has 1 atom stereocenters. The molecule has 0 fully saturated rings. The van der Waals surface area contributed by atoms with Crippen LogP contribution in [0.5, 0.6) is 0 Å². The molecular weight excluding hydrogens is 247 g/mol. The maximum atomic E-state index is 13.3. The molecule has 1 aromatic heterocycles. The van der Waals surface area contributed by atoms with E-state index in [4.69, 9.17) is 5.11 Å². The number of rotatable bonds is 5. The summed E-state index contributed by atoms with van der Waals surface area (Å²) in [4.78, 5) is 3.50. The molecule has 7 heteroatoms. The first-order chi connectivity index (χ1) is 7.84. The van der Waals surface area contributed by atoms with E-state index < -0.39 is 26.4 Å². The summed E-state index contributed by atoms with van der Waals surface area (Å²) < 4.78 is 39.3. The summed E-state index contributed by atoms with van der Waals surface area (Å²) in [7, 11) is -4.07. The summed E-state index contributed by atoms with van der Waals surface area (Å²) >= 11 is 0. The Bertz CT molecular complexity index is 486. The number of hydrogen-bond donors (Lipinski definition) is 2. The Balaban J connectivity index is 3.10. The van der Waals surface area contributed by atoms with Crippen LogP contribution in [0.25, 0.3) is 0 Å². The van der Waals surface area contributed by atoms with Crippen LogP contribution in [0.15, 0.2) is 23.4 Å². The highest BCUT2D eigenvalue weighted by Crippen LogP contribution is 2.15. The predicted octanol–water partition coefficient (Wildman–Crippen LogP) is 0.660. The summed E-state index contributed by atoms with van der Waals surface area (Å²) in [5.41, 5.74) is -1.03. The Hall–Kier alpha value is -1.05. The van der Waals surface area contributed by atoms with E-state index in [2.05, 4.69) is 9.71 Å². The summed E-state index contributed by atoms with van der Waals surface area (Å²) in [6, 6.07) is 2.32. The number of aliphatic hydroxyl groups excluding tert-OH is 1. The first kappa shape index (κ1) is 14.0. The number of nitrogens with one attached hydrogen (secondary N) is 1. The van der Waals surface area contributed by atoms with Gasteiger partial charge in [0.2, 0.25) is 5.03 Å². The second-order valence-corrected chi connectivity index (χ2v) is 5.57. The monoisotopic (exact) mass is 262 g/mol. The Kier molecular flexibility index (Phi) is 4.18. The molecule has 0 aliphatic heterocycles. The maximum absolute atomic E-state index is 13.3. The van der Waals surface area contributed by atoms with Crippen molar-refractivity contribution in [2.24, 2.45) is 0 Å². The molecule has 1 rings (SSSR count). The van der Waals surface area contributed by atoms with E-state index in [1.165, 1.54) is 19.2 Å². The summed E-state index contributed by atoms with van der Waals surface area (Å²) in [6.07, 6.45) is 1.57. The van der Waals surface area contributed by atoms with E-state index in [1.807, 2.05) is 0 Å². The van der Waals surface area contributed by atoms with Crippen LogP contribution in [-0.2, 0) is 10.0 Å². The largest absolute Gasteiger partial charge is 0.394 e. The van der Waals surface area contributed by atoms with E-state index in [0.29, 0.717) is 6.42 Å². The number of pyridine rings is 1. The molecular formula is C10H15FN2O3S. The van der Waals surface area contributed by atoms with Gasteiger partial charge in [-0.1, -0.05) is 6.92 Å². The van der Waals surface area contributed by atoms with Crippen LogP contribution >= 0.6 is 0 Å². The van der Waals surface area contributed by atoms with Crippen molar-refractivity contribution in [3.05, 3.63) is 24.1 Å². The summed E-state index contributed by atoms with van der Waals surface area (Å²) in [6.45, 7) is 2.87. The third-order valence-corrected chi connectivity index (χ3v) is 4.06. The number of sulfonamides is 1. The number of halogens is 1. The molecule has 0 spiro atoms. The normalized spacial score (nSPS) is 15.5. The fourth-order valence-electron chi connectivity index (χ4n) is 1.16. The topological polar surface area (TPSA) is 79.3 Å². The molecule has 5 nitrogen and oxygen atoms in total. The van der Waals surface area contributed by atoms with Crippen molar-refractivity contribution >= 4 is 10.0 Å². The van der Waals surface area contributed by atoms with Gasteiger partial charge in [0.05, 0.1) is 12.1 Å². The van der Waals surface area contributed by atoms with Gasteiger partial charge >= 0.3 is 0 Å². The van der Waals surface area contributed by atoms with E-state index in [-0.39, 0.29) is 6.61 Å². The van der Waals surface area contributed by atoms with E-state index in [0.717, 1.165) is 6.07 Å². The summed E-state index contributed by atoms with van der Waals surface area (Å²) in [5.74, 6) is -0.920. The van der Waals surface area contributed by atoms with Crippen LogP contribution in [0.4, 0.5) is 4.39 Å². The zero-order valence-corrected chi connectivity index (χ0v) is 10.5. The fraction of sp³-hybridized carbons (Fsp3) is 0.500. The Morgan fingerprint density at radius 1 is 1.59 bits per heavy atom. The highest BCUT2D eigenvalue weighted by molar-refractivity contribution is 7.89. The van der Waals surface area contributed by atoms with Gasteiger partial charge in [0.1, 0.15) is 0 Å². The zero-order valence-electron chi connectivity index (χ0n) is 9.64. The van der Waals surface area contributed by atoms with Crippen LogP contribution in [0.3, 0.4) is 0 Å². The van der Waals surface area contributed by atoms with Crippen LogP contribution in [0.1, 0.15) is 20.3 Å². The SMILES string of the molecule is CCC(C)(CO)NS(=O)(=O)c1ncccc1F. The van der Waals surface area contributed by atoms with Gasteiger partial charge in [-0.05, 0) is 25.5 Å². The molecule has 0 radical (unpaired) electrons. The van der Waals surface area contributed by atoms with Crippen molar-refractivity contribution in [3.63, 3.8) is 0 Å². The van der Waals surface area contributed by atoms with Gasteiger partial charge in [-0.15, -0.1) is 0 Å². The molecule has 2 N–H and O–H groups in total. The molecule has 0 aromatic carbocycles. The first-order valence-electron chi connectivity index (χ1n) is 5.10. The van der Waals surface area contributed by atoms with Gasteiger partial charge in [0.25, 0.3) is 10.0 Å². The minimum Gasteiger partial charge on any atom is -0.394 e. The van der Waals surface area contributed by atoms with Crippen LogP contribution in [0.2, 0.25) is 0 Å². The third kappa shape index (κ3) is 3.21. The zero-order chi connectivity index (χ0) is 13.1. The van der Waals surface area contributed by atoms with Gasteiger partial charge in [-0.3, -0.25) is 0 Å². The Morgan fingerprint density at radius 3 is 2.71 bits per heavy atom. The average Bonchev–Trinajstić information content (AvgIpc) is 2.28.